The Morgan fingerprint density at radius 3 is 2.47 bits per heavy atom. The van der Waals surface area contributed by atoms with E-state index in [1.54, 1.807) is 13.8 Å². The summed E-state index contributed by atoms with van der Waals surface area (Å²) in [6, 6.07) is 3.59. The van der Waals surface area contributed by atoms with Crippen molar-refractivity contribution in [2.75, 3.05) is 13.1 Å². The summed E-state index contributed by atoms with van der Waals surface area (Å²) in [5.41, 5.74) is -0.939. The van der Waals surface area contributed by atoms with Crippen LogP contribution in [0.4, 0.5) is 10.1 Å². The quantitative estimate of drug-likeness (QED) is 0.598. The average molecular weight is 240 g/mol. The van der Waals surface area contributed by atoms with Gasteiger partial charge in [-0.25, -0.2) is 0 Å². The number of carbonyl (C=O) groups excluding carboxylic acids is 1. The van der Waals surface area contributed by atoms with Gasteiger partial charge < -0.3 is 4.90 Å². The second-order valence-electron chi connectivity index (χ2n) is 3.37. The van der Waals surface area contributed by atoms with E-state index in [1.165, 1.54) is 17.0 Å². The number of nitrogens with zero attached hydrogens (tertiary/aromatic N) is 2. The van der Waals surface area contributed by atoms with Crippen LogP contribution in [0.2, 0.25) is 0 Å². The highest BCUT2D eigenvalue weighted by Crippen LogP contribution is 2.21. The molecule has 1 aromatic rings. The third-order valence-corrected chi connectivity index (χ3v) is 2.46. The van der Waals surface area contributed by atoms with Crippen molar-refractivity contribution in [2.45, 2.75) is 13.8 Å². The van der Waals surface area contributed by atoms with Crippen molar-refractivity contribution in [1.82, 2.24) is 4.90 Å². The van der Waals surface area contributed by atoms with E-state index < -0.39 is 22.3 Å². The fourth-order valence-electron chi connectivity index (χ4n) is 1.51. The Bertz CT molecular complexity index is 444. The highest BCUT2D eigenvalue weighted by Gasteiger charge is 2.23. The zero-order valence-electron chi connectivity index (χ0n) is 9.64. The first-order valence-corrected chi connectivity index (χ1v) is 5.25. The largest absolute Gasteiger partial charge is 0.339 e. The average Bonchev–Trinajstić information content (AvgIpc) is 2.30. The number of rotatable bonds is 4. The van der Waals surface area contributed by atoms with Gasteiger partial charge in [-0.1, -0.05) is 6.07 Å². The lowest BCUT2D eigenvalue weighted by Gasteiger charge is -2.18. The van der Waals surface area contributed by atoms with Crippen molar-refractivity contribution in [2.24, 2.45) is 0 Å². The molecule has 0 fully saturated rings. The molecule has 1 rings (SSSR count). The molecule has 0 aliphatic rings. The summed E-state index contributed by atoms with van der Waals surface area (Å²) >= 11 is 0. The molecule has 0 bridgehead atoms. The molecule has 0 N–H and O–H groups in total. The van der Waals surface area contributed by atoms with E-state index in [2.05, 4.69) is 0 Å². The summed E-state index contributed by atoms with van der Waals surface area (Å²) in [7, 11) is 0. The Morgan fingerprint density at radius 2 is 2.00 bits per heavy atom. The van der Waals surface area contributed by atoms with Gasteiger partial charge in [0.15, 0.2) is 0 Å². The normalized spacial score (nSPS) is 10.1. The van der Waals surface area contributed by atoms with Gasteiger partial charge in [-0.3, -0.25) is 14.9 Å². The minimum absolute atomic E-state index is 0.261. The standard InChI is InChI=1S/C11H13FN2O3/c1-3-13(4-2)11(15)8-6-5-7-9(10(8)12)14(16)17/h5-7H,3-4H2,1-2H3. The minimum atomic E-state index is -1.07. The van der Waals surface area contributed by atoms with Crippen LogP contribution in [0.15, 0.2) is 18.2 Å². The Kier molecular flexibility index (Phi) is 4.14. The first-order valence-electron chi connectivity index (χ1n) is 5.25. The minimum Gasteiger partial charge on any atom is -0.339 e. The number of amides is 1. The van der Waals surface area contributed by atoms with Crippen LogP contribution in [0.3, 0.4) is 0 Å². The summed E-state index contributed by atoms with van der Waals surface area (Å²) in [6.07, 6.45) is 0. The van der Waals surface area contributed by atoms with Crippen molar-refractivity contribution < 1.29 is 14.1 Å². The van der Waals surface area contributed by atoms with Gasteiger partial charge in [-0.2, -0.15) is 4.39 Å². The van der Waals surface area contributed by atoms with Crippen molar-refractivity contribution in [3.63, 3.8) is 0 Å². The predicted molar refractivity (Wildman–Crippen MR) is 60.3 cm³/mol. The van der Waals surface area contributed by atoms with E-state index in [-0.39, 0.29) is 5.56 Å². The van der Waals surface area contributed by atoms with Crippen LogP contribution in [0.25, 0.3) is 0 Å². The molecule has 1 amide bonds. The van der Waals surface area contributed by atoms with Gasteiger partial charge in [-0.05, 0) is 19.9 Å². The maximum absolute atomic E-state index is 13.7. The molecule has 92 valence electrons. The fraction of sp³-hybridized carbons (Fsp3) is 0.364. The molecule has 0 radical (unpaired) electrons. The predicted octanol–water partition coefficient (Wildman–Crippen LogP) is 2.22. The second kappa shape index (κ2) is 5.38. The first-order chi connectivity index (χ1) is 8.02. The molecule has 0 atom stereocenters. The van der Waals surface area contributed by atoms with Crippen LogP contribution in [0.5, 0.6) is 0 Å². The molecule has 0 aromatic heterocycles. The molecular formula is C11H13FN2O3. The van der Waals surface area contributed by atoms with Crippen molar-refractivity contribution >= 4 is 11.6 Å². The summed E-state index contributed by atoms with van der Waals surface area (Å²) in [5, 5.41) is 10.5. The van der Waals surface area contributed by atoms with Crippen LogP contribution in [-0.2, 0) is 0 Å². The Morgan fingerprint density at radius 1 is 1.41 bits per heavy atom. The maximum atomic E-state index is 13.7. The molecule has 0 spiro atoms. The number of nitro benzene ring substituents is 1. The van der Waals surface area contributed by atoms with Crippen LogP contribution < -0.4 is 0 Å². The van der Waals surface area contributed by atoms with E-state index >= 15 is 0 Å². The molecule has 5 nitrogen and oxygen atoms in total. The molecule has 0 saturated heterocycles. The Balaban J connectivity index is 3.19. The number of nitro groups is 1. The molecule has 1 aromatic carbocycles. The summed E-state index contributed by atoms with van der Waals surface area (Å²) < 4.78 is 13.7. The number of carbonyl (C=O) groups is 1. The van der Waals surface area contributed by atoms with Crippen molar-refractivity contribution in [1.29, 1.82) is 0 Å². The van der Waals surface area contributed by atoms with Crippen molar-refractivity contribution in [3.05, 3.63) is 39.7 Å². The Labute approximate surface area is 98.0 Å². The first kappa shape index (κ1) is 13.1. The Hall–Kier alpha value is -1.98. The SMILES string of the molecule is CCN(CC)C(=O)c1cccc([N+](=O)[O-])c1F. The van der Waals surface area contributed by atoms with Crippen molar-refractivity contribution in [3.8, 4) is 0 Å². The van der Waals surface area contributed by atoms with E-state index in [9.17, 15) is 19.3 Å². The molecule has 0 heterocycles. The van der Waals surface area contributed by atoms with Gasteiger partial charge in [0.25, 0.3) is 5.91 Å². The maximum Gasteiger partial charge on any atom is 0.305 e. The number of hydrogen-bond acceptors (Lipinski definition) is 3. The molecule has 17 heavy (non-hydrogen) atoms. The van der Waals surface area contributed by atoms with Gasteiger partial charge in [-0.15, -0.1) is 0 Å². The van der Waals surface area contributed by atoms with E-state index in [4.69, 9.17) is 0 Å². The third-order valence-electron chi connectivity index (χ3n) is 2.46. The van der Waals surface area contributed by atoms with E-state index in [0.717, 1.165) is 6.07 Å². The third kappa shape index (κ3) is 2.58. The van der Waals surface area contributed by atoms with E-state index in [0.29, 0.717) is 13.1 Å². The summed E-state index contributed by atoms with van der Waals surface area (Å²) in [4.78, 5) is 23.0. The number of benzene rings is 1. The van der Waals surface area contributed by atoms with Gasteiger partial charge in [0, 0.05) is 19.2 Å². The van der Waals surface area contributed by atoms with Gasteiger partial charge in [0.2, 0.25) is 5.82 Å². The van der Waals surface area contributed by atoms with E-state index in [1.807, 2.05) is 0 Å². The lowest BCUT2D eigenvalue weighted by atomic mass is 10.1. The van der Waals surface area contributed by atoms with Gasteiger partial charge >= 0.3 is 5.69 Å². The number of hydrogen-bond donors (Lipinski definition) is 0. The zero-order valence-corrected chi connectivity index (χ0v) is 9.64. The van der Waals surface area contributed by atoms with Gasteiger partial charge in [0.05, 0.1) is 10.5 Å². The fourth-order valence-corrected chi connectivity index (χ4v) is 1.51. The molecule has 0 aliphatic heterocycles. The molecule has 6 heteroatoms. The second-order valence-corrected chi connectivity index (χ2v) is 3.37. The molecular weight excluding hydrogens is 227 g/mol. The lowest BCUT2D eigenvalue weighted by Crippen LogP contribution is -2.31. The van der Waals surface area contributed by atoms with Crippen LogP contribution >= 0.6 is 0 Å². The molecule has 0 aliphatic carbocycles. The zero-order chi connectivity index (χ0) is 13.0. The van der Waals surface area contributed by atoms with Crippen LogP contribution in [0, 0.1) is 15.9 Å². The number of halogens is 1. The van der Waals surface area contributed by atoms with Crippen LogP contribution in [-0.4, -0.2) is 28.8 Å². The highest BCUT2D eigenvalue weighted by molar-refractivity contribution is 5.95. The summed E-state index contributed by atoms with van der Waals surface area (Å²) in [6.45, 7) is 4.38. The molecule has 0 saturated carbocycles. The monoisotopic (exact) mass is 240 g/mol. The van der Waals surface area contributed by atoms with Crippen LogP contribution in [0.1, 0.15) is 24.2 Å². The molecule has 0 unspecified atom stereocenters. The highest BCUT2D eigenvalue weighted by atomic mass is 19.1. The topological polar surface area (TPSA) is 63.5 Å². The summed E-state index contributed by atoms with van der Waals surface area (Å²) in [5.74, 6) is -1.61. The smallest absolute Gasteiger partial charge is 0.305 e. The van der Waals surface area contributed by atoms with Gasteiger partial charge in [0.1, 0.15) is 0 Å². The lowest BCUT2D eigenvalue weighted by molar-refractivity contribution is -0.387.